The van der Waals surface area contributed by atoms with Gasteiger partial charge in [-0.15, -0.1) is 0 Å². The molecule has 2 aromatic heterocycles. The predicted octanol–water partition coefficient (Wildman–Crippen LogP) is 9.51. The van der Waals surface area contributed by atoms with Crippen molar-refractivity contribution < 1.29 is 42.2 Å². The monoisotopic (exact) mass is 1130 g/mol. The van der Waals surface area contributed by atoms with Crippen LogP contribution in [0.25, 0.3) is 33.3 Å². The van der Waals surface area contributed by atoms with Crippen molar-refractivity contribution in [3.05, 3.63) is 71.0 Å². The van der Waals surface area contributed by atoms with E-state index in [1.807, 2.05) is 39.1 Å². The van der Waals surface area contributed by atoms with Gasteiger partial charge in [-0.3, -0.25) is 34.2 Å². The number of nitrogens with one attached hydrogen (secondary N) is 2. The summed E-state index contributed by atoms with van der Waals surface area (Å²) in [6, 6.07) is 11.2. The summed E-state index contributed by atoms with van der Waals surface area (Å²) in [6.45, 7) is 24.8. The first-order valence-electron chi connectivity index (χ1n) is 30.6. The van der Waals surface area contributed by atoms with Crippen molar-refractivity contribution in [2.75, 3.05) is 83.6 Å². The number of hydrogen-bond acceptors (Lipinski definition) is 12. The van der Waals surface area contributed by atoms with Gasteiger partial charge in [0.15, 0.2) is 0 Å². The highest BCUT2D eigenvalue weighted by Gasteiger charge is 2.50. The largest absolute Gasteiger partial charge is 0.464 e. The quantitative estimate of drug-likeness (QED) is 0.154. The fraction of sp³-hybridized carbons (Fsp3) is 0.641. The molecule has 6 fully saturated rings. The topological polar surface area (TPSA) is 154 Å². The molecule has 16 nitrogen and oxygen atoms in total. The van der Waals surface area contributed by atoms with Crippen molar-refractivity contribution in [2.45, 2.75) is 168 Å². The van der Waals surface area contributed by atoms with E-state index in [0.29, 0.717) is 75.8 Å². The molecule has 6 bridgehead atoms. The van der Waals surface area contributed by atoms with Crippen molar-refractivity contribution in [2.24, 2.45) is 16.7 Å². The molecule has 5 saturated heterocycles. The molecule has 6 aliphatic heterocycles. The molecule has 11 rings (SSSR count). The second-order valence-electron chi connectivity index (χ2n) is 26.9. The van der Waals surface area contributed by atoms with Crippen LogP contribution < -0.4 is 15.6 Å². The normalized spacial score (nSPS) is 25.5. The number of benzene rings is 2. The molecule has 0 radical (unpaired) electrons. The number of alkyl halides is 2. The molecule has 7 aliphatic rings. The highest BCUT2D eigenvalue weighted by molar-refractivity contribution is 5.96. The molecular weight excluding hydrogens is 1040 g/mol. The third kappa shape index (κ3) is 12.1. The van der Waals surface area contributed by atoms with E-state index in [4.69, 9.17) is 19.2 Å². The Morgan fingerprint density at radius 1 is 0.927 bits per heavy atom. The maximum atomic E-state index is 15.4. The first-order chi connectivity index (χ1) is 39.1. The number of hydrazine groups is 1. The smallest absolute Gasteiger partial charge is 0.410 e. The van der Waals surface area contributed by atoms with Crippen LogP contribution >= 0.6 is 0 Å². The first-order valence-corrected chi connectivity index (χ1v) is 30.6. The van der Waals surface area contributed by atoms with Gasteiger partial charge in [0.2, 0.25) is 5.91 Å². The zero-order chi connectivity index (χ0) is 57.8. The van der Waals surface area contributed by atoms with Crippen LogP contribution in [0.5, 0.6) is 0 Å². The number of carbonyl (C=O) groups is 4. The lowest BCUT2D eigenvalue weighted by Crippen LogP contribution is -2.62. The number of ether oxygens (including phenoxy) is 3. The van der Waals surface area contributed by atoms with Crippen molar-refractivity contribution in [3.63, 3.8) is 0 Å². The number of pyridine rings is 1. The summed E-state index contributed by atoms with van der Waals surface area (Å²) >= 11 is 0. The van der Waals surface area contributed by atoms with E-state index in [2.05, 4.69) is 82.8 Å². The number of anilines is 1. The minimum atomic E-state index is -2.82. The van der Waals surface area contributed by atoms with Crippen molar-refractivity contribution in [3.8, 4) is 22.4 Å². The van der Waals surface area contributed by atoms with Gasteiger partial charge in [0.05, 0.1) is 55.2 Å². The second kappa shape index (κ2) is 23.4. The van der Waals surface area contributed by atoms with E-state index in [-0.39, 0.29) is 54.4 Å². The Labute approximate surface area is 482 Å². The van der Waals surface area contributed by atoms with E-state index in [0.717, 1.165) is 116 Å². The van der Waals surface area contributed by atoms with Crippen molar-refractivity contribution in [1.29, 1.82) is 0 Å². The van der Waals surface area contributed by atoms with Crippen LogP contribution in [0.4, 0.5) is 19.3 Å². The Balaban J connectivity index is 0.977. The van der Waals surface area contributed by atoms with E-state index in [9.17, 15) is 9.59 Å². The zero-order valence-electron chi connectivity index (χ0n) is 49.7. The standard InChI is InChI=1S/C64H87F2N9O7/c1-9-74-53-17-16-43-31-48(53)50(56(74)49-32-46(34-67-54(49)40(2)3)71-24-23-70-25-26-80-36-47(70)35-71)33-63(7,8)39-81-60(78)51-15-12-20-75(69-51)59(77)52(29-41-27-44(43)30-45(28-41)57(65)66)68-58(76)55(42-13-10-11-14-42)72-21-18-64(37-72)19-22-73(38-64)61(79)82-62(4,5)6/h16-17,27-28,30-32,34,40,42,47,51-52,55,57,69H,9-15,18-26,29,33,35-39H2,1-8H3,(H,68,76)/t47-,51-,52-,55-,64-/m0/s1. The number of piperazine rings is 1. The predicted molar refractivity (Wildman–Crippen MR) is 312 cm³/mol. The molecule has 1 saturated carbocycles. The fourth-order valence-corrected chi connectivity index (χ4v) is 14.6. The van der Waals surface area contributed by atoms with E-state index in [1.165, 1.54) is 11.1 Å². The van der Waals surface area contributed by atoms with Crippen LogP contribution in [-0.4, -0.2) is 162 Å². The lowest BCUT2D eigenvalue weighted by atomic mass is 9.83. The Bertz CT molecular complexity index is 3040. The molecule has 5 atom stereocenters. The van der Waals surface area contributed by atoms with Crippen molar-refractivity contribution >= 4 is 40.5 Å². The number of esters is 1. The van der Waals surface area contributed by atoms with Gasteiger partial charge in [0.1, 0.15) is 17.7 Å². The Kier molecular flexibility index (Phi) is 16.6. The molecule has 82 heavy (non-hydrogen) atoms. The Hall–Kier alpha value is -5.69. The molecule has 3 amide bonds. The van der Waals surface area contributed by atoms with Gasteiger partial charge >= 0.3 is 12.1 Å². The van der Waals surface area contributed by atoms with Crippen LogP contribution in [0, 0.1) is 16.7 Å². The van der Waals surface area contributed by atoms with E-state index < -0.39 is 47.4 Å². The average molecular weight is 1130 g/mol. The Morgan fingerprint density at radius 2 is 1.72 bits per heavy atom. The zero-order valence-corrected chi connectivity index (χ0v) is 49.7. The minimum Gasteiger partial charge on any atom is -0.464 e. The number of cyclic esters (lactones) is 1. The second-order valence-corrected chi connectivity index (χ2v) is 26.9. The van der Waals surface area contributed by atoms with Crippen molar-refractivity contribution in [1.82, 2.24) is 40.0 Å². The number of likely N-dealkylation sites (tertiary alicyclic amines) is 2. The van der Waals surface area contributed by atoms with Crippen LogP contribution in [0.15, 0.2) is 48.7 Å². The lowest BCUT2D eigenvalue weighted by Gasteiger charge is -2.44. The number of carbonyl (C=O) groups excluding carboxylic acids is 4. The lowest BCUT2D eigenvalue weighted by molar-refractivity contribution is -0.155. The number of halogens is 2. The molecule has 2 N–H and O–H groups in total. The summed E-state index contributed by atoms with van der Waals surface area (Å²) in [4.78, 5) is 72.3. The summed E-state index contributed by atoms with van der Waals surface area (Å²) in [6.07, 6.45) is 5.59. The van der Waals surface area contributed by atoms with Gasteiger partial charge in [-0.05, 0) is 138 Å². The number of aryl methyl sites for hydroxylation is 1. The average Bonchev–Trinajstić information content (AvgIpc) is 2.39. The van der Waals surface area contributed by atoms with Crippen LogP contribution in [-0.2, 0) is 48.0 Å². The number of hydrogen-bond donors (Lipinski definition) is 2. The van der Waals surface area contributed by atoms with Gasteiger partial charge < -0.3 is 33.9 Å². The van der Waals surface area contributed by atoms with E-state index >= 15 is 18.4 Å². The highest BCUT2D eigenvalue weighted by atomic mass is 19.3. The summed E-state index contributed by atoms with van der Waals surface area (Å²) in [5.41, 5.74) is 9.55. The first kappa shape index (κ1) is 58.1. The molecular formula is C64H87F2N9O7. The van der Waals surface area contributed by atoms with Crippen LogP contribution in [0.1, 0.15) is 141 Å². The molecule has 2 aromatic carbocycles. The molecule has 0 unspecified atom stereocenters. The Morgan fingerprint density at radius 3 is 2.48 bits per heavy atom. The highest BCUT2D eigenvalue weighted by Crippen LogP contribution is 2.45. The molecule has 444 valence electrons. The number of fused-ring (bicyclic) bond motifs is 7. The SMILES string of the molecule is CCn1c(-c2cc(N3CCN4CCOC[C@@H]4C3)cnc2C(C)C)c2c3cc(ccc31)-c1cc(cc(C(F)F)c1)C[C@H](NC(=O)[C@H](C1CCCC1)N1CC[C@]3(CCN(C(=O)OC(C)(C)C)C3)C1)C(=O)N1CCC[C@H](N1)C(=O)OCC(C)(C)C2. The van der Waals surface area contributed by atoms with Gasteiger partial charge in [-0.2, -0.15) is 0 Å². The van der Waals surface area contributed by atoms with Gasteiger partial charge in [0.25, 0.3) is 12.3 Å². The molecule has 18 heteroatoms. The summed E-state index contributed by atoms with van der Waals surface area (Å²) < 4.78 is 51.1. The number of rotatable bonds is 9. The molecule has 8 heterocycles. The number of morpholine rings is 1. The third-order valence-electron chi connectivity index (χ3n) is 18.7. The maximum Gasteiger partial charge on any atom is 0.410 e. The number of nitrogens with zero attached hydrogens (tertiary/aromatic N) is 7. The van der Waals surface area contributed by atoms with Gasteiger partial charge in [0, 0.05) is 98.2 Å². The molecule has 1 spiro atoms. The van der Waals surface area contributed by atoms with Crippen LogP contribution in [0.3, 0.4) is 0 Å². The molecule has 1 aliphatic carbocycles. The minimum absolute atomic E-state index is 0.0473. The summed E-state index contributed by atoms with van der Waals surface area (Å²) in [5, 5.41) is 5.64. The van der Waals surface area contributed by atoms with Gasteiger partial charge in [-0.25, -0.2) is 19.0 Å². The fourth-order valence-electron chi connectivity index (χ4n) is 14.6. The molecule has 4 aromatic rings. The number of amides is 3. The summed E-state index contributed by atoms with van der Waals surface area (Å²) in [7, 11) is 0. The third-order valence-corrected chi connectivity index (χ3v) is 18.7. The van der Waals surface area contributed by atoms with Crippen LogP contribution in [0.2, 0.25) is 0 Å². The van der Waals surface area contributed by atoms with E-state index in [1.54, 1.807) is 11.0 Å². The number of aromatic nitrogens is 2. The van der Waals surface area contributed by atoms with Gasteiger partial charge in [-0.1, -0.05) is 58.7 Å². The summed E-state index contributed by atoms with van der Waals surface area (Å²) in [5.74, 6) is -1.06. The maximum absolute atomic E-state index is 15.4.